The molecule has 112 valence electrons. The SMILES string of the molecule is CCC(C)N1CCN(C(=O)CCCNC(C)C)CC1. The van der Waals surface area contributed by atoms with Gasteiger partial charge in [-0.3, -0.25) is 9.69 Å². The molecule has 0 aromatic carbocycles. The van der Waals surface area contributed by atoms with E-state index >= 15 is 0 Å². The van der Waals surface area contributed by atoms with Crippen LogP contribution in [-0.4, -0.2) is 60.5 Å². The highest BCUT2D eigenvalue weighted by Gasteiger charge is 2.22. The van der Waals surface area contributed by atoms with Crippen molar-refractivity contribution < 1.29 is 4.79 Å². The maximum absolute atomic E-state index is 12.1. The molecule has 0 spiro atoms. The van der Waals surface area contributed by atoms with E-state index in [1.54, 1.807) is 0 Å². The normalized spacial score (nSPS) is 18.9. The molecule has 0 bridgehead atoms. The lowest BCUT2D eigenvalue weighted by Crippen LogP contribution is -2.51. The molecule has 0 aromatic heterocycles. The molecule has 4 nitrogen and oxygen atoms in total. The van der Waals surface area contributed by atoms with E-state index in [0.29, 0.717) is 24.4 Å². The summed E-state index contributed by atoms with van der Waals surface area (Å²) < 4.78 is 0. The van der Waals surface area contributed by atoms with Gasteiger partial charge in [0.2, 0.25) is 5.91 Å². The maximum Gasteiger partial charge on any atom is 0.222 e. The van der Waals surface area contributed by atoms with Crippen LogP contribution in [0.3, 0.4) is 0 Å². The summed E-state index contributed by atoms with van der Waals surface area (Å²) in [5.41, 5.74) is 0. The number of hydrogen-bond donors (Lipinski definition) is 1. The largest absolute Gasteiger partial charge is 0.340 e. The average molecular weight is 269 g/mol. The third-order valence-corrected chi connectivity index (χ3v) is 4.00. The zero-order valence-electron chi connectivity index (χ0n) is 13.1. The Kier molecular flexibility index (Phi) is 7.39. The average Bonchev–Trinajstić information content (AvgIpc) is 2.42. The quantitative estimate of drug-likeness (QED) is 0.715. The van der Waals surface area contributed by atoms with Crippen molar-refractivity contribution >= 4 is 5.91 Å². The van der Waals surface area contributed by atoms with Crippen LogP contribution in [0.25, 0.3) is 0 Å². The van der Waals surface area contributed by atoms with Gasteiger partial charge >= 0.3 is 0 Å². The minimum atomic E-state index is 0.328. The number of carbonyl (C=O) groups excluding carboxylic acids is 1. The number of amides is 1. The van der Waals surface area contributed by atoms with Gasteiger partial charge in [0.1, 0.15) is 0 Å². The summed E-state index contributed by atoms with van der Waals surface area (Å²) in [6.07, 6.45) is 2.82. The van der Waals surface area contributed by atoms with Crippen LogP contribution in [-0.2, 0) is 4.79 Å². The molecule has 1 amide bonds. The predicted molar refractivity (Wildman–Crippen MR) is 80.3 cm³/mol. The standard InChI is InChI=1S/C15H31N3O/c1-5-14(4)17-9-11-18(12-10-17)15(19)7-6-8-16-13(2)3/h13-14,16H,5-12H2,1-4H3. The smallest absolute Gasteiger partial charge is 0.222 e. The van der Waals surface area contributed by atoms with Gasteiger partial charge in [-0.15, -0.1) is 0 Å². The monoisotopic (exact) mass is 269 g/mol. The molecule has 0 radical (unpaired) electrons. The summed E-state index contributed by atoms with van der Waals surface area (Å²) in [5, 5.41) is 3.35. The van der Waals surface area contributed by atoms with Crippen molar-refractivity contribution in [3.63, 3.8) is 0 Å². The molecule has 1 unspecified atom stereocenters. The number of piperazine rings is 1. The first-order valence-corrected chi connectivity index (χ1v) is 7.79. The second kappa shape index (κ2) is 8.54. The first-order valence-electron chi connectivity index (χ1n) is 7.79. The number of hydrogen-bond acceptors (Lipinski definition) is 3. The topological polar surface area (TPSA) is 35.6 Å². The number of rotatable bonds is 7. The van der Waals surface area contributed by atoms with Crippen molar-refractivity contribution in [2.45, 2.75) is 59.0 Å². The van der Waals surface area contributed by atoms with Crippen LogP contribution in [0.15, 0.2) is 0 Å². The Balaban J connectivity index is 2.18. The van der Waals surface area contributed by atoms with Crippen molar-refractivity contribution in [2.24, 2.45) is 0 Å². The van der Waals surface area contributed by atoms with Crippen LogP contribution >= 0.6 is 0 Å². The van der Waals surface area contributed by atoms with Crippen LogP contribution in [0.1, 0.15) is 47.0 Å². The first kappa shape index (κ1) is 16.4. The van der Waals surface area contributed by atoms with Gasteiger partial charge in [0.05, 0.1) is 0 Å². The highest BCUT2D eigenvalue weighted by molar-refractivity contribution is 5.76. The summed E-state index contributed by atoms with van der Waals surface area (Å²) in [6.45, 7) is 13.6. The molecule has 1 aliphatic rings. The number of nitrogens with zero attached hydrogens (tertiary/aromatic N) is 2. The fraction of sp³-hybridized carbons (Fsp3) is 0.933. The van der Waals surface area contributed by atoms with Crippen molar-refractivity contribution in [1.29, 1.82) is 0 Å². The summed E-state index contributed by atoms with van der Waals surface area (Å²) in [7, 11) is 0. The molecular weight excluding hydrogens is 238 g/mol. The molecule has 4 heteroatoms. The third-order valence-electron chi connectivity index (χ3n) is 4.00. The van der Waals surface area contributed by atoms with Gasteiger partial charge < -0.3 is 10.2 Å². The summed E-state index contributed by atoms with van der Waals surface area (Å²) in [4.78, 5) is 16.6. The van der Waals surface area contributed by atoms with Crippen molar-refractivity contribution in [1.82, 2.24) is 15.1 Å². The van der Waals surface area contributed by atoms with E-state index in [4.69, 9.17) is 0 Å². The van der Waals surface area contributed by atoms with Crippen LogP contribution in [0.4, 0.5) is 0 Å². The van der Waals surface area contributed by atoms with Crippen LogP contribution in [0.5, 0.6) is 0 Å². The molecule has 0 saturated carbocycles. The molecule has 1 fully saturated rings. The van der Waals surface area contributed by atoms with E-state index in [9.17, 15) is 4.79 Å². The highest BCUT2D eigenvalue weighted by atomic mass is 16.2. The van der Waals surface area contributed by atoms with E-state index in [-0.39, 0.29) is 0 Å². The van der Waals surface area contributed by atoms with Crippen molar-refractivity contribution in [3.8, 4) is 0 Å². The Morgan fingerprint density at radius 3 is 2.32 bits per heavy atom. The molecule has 19 heavy (non-hydrogen) atoms. The van der Waals surface area contributed by atoms with E-state index in [1.807, 2.05) is 4.90 Å². The summed E-state index contributed by atoms with van der Waals surface area (Å²) in [5.74, 6) is 0.328. The van der Waals surface area contributed by atoms with Crippen LogP contribution in [0.2, 0.25) is 0 Å². The van der Waals surface area contributed by atoms with Gasteiger partial charge in [-0.25, -0.2) is 0 Å². The van der Waals surface area contributed by atoms with E-state index in [0.717, 1.165) is 39.1 Å². The third kappa shape index (κ3) is 5.91. The fourth-order valence-corrected chi connectivity index (χ4v) is 2.46. The minimum absolute atomic E-state index is 0.328. The molecule has 1 atom stereocenters. The van der Waals surface area contributed by atoms with Gasteiger partial charge in [0, 0.05) is 44.7 Å². The number of nitrogens with one attached hydrogen (secondary N) is 1. The molecule has 1 heterocycles. The van der Waals surface area contributed by atoms with Gasteiger partial charge in [-0.2, -0.15) is 0 Å². The lowest BCUT2D eigenvalue weighted by molar-refractivity contribution is -0.133. The Labute approximate surface area is 118 Å². The molecule has 1 aliphatic heterocycles. The molecule has 0 aromatic rings. The van der Waals surface area contributed by atoms with Gasteiger partial charge in [-0.1, -0.05) is 20.8 Å². The molecule has 1 N–H and O–H groups in total. The lowest BCUT2D eigenvalue weighted by atomic mass is 10.1. The van der Waals surface area contributed by atoms with Gasteiger partial charge in [0.25, 0.3) is 0 Å². The molecule has 0 aliphatic carbocycles. The summed E-state index contributed by atoms with van der Waals surface area (Å²) >= 11 is 0. The predicted octanol–water partition coefficient (Wildman–Crippen LogP) is 1.71. The first-order chi connectivity index (χ1) is 9.04. The second-order valence-corrected chi connectivity index (χ2v) is 5.89. The number of carbonyl (C=O) groups is 1. The van der Waals surface area contributed by atoms with E-state index < -0.39 is 0 Å². The zero-order valence-corrected chi connectivity index (χ0v) is 13.1. The Morgan fingerprint density at radius 2 is 1.79 bits per heavy atom. The fourth-order valence-electron chi connectivity index (χ4n) is 2.46. The zero-order chi connectivity index (χ0) is 14.3. The Bertz CT molecular complexity index is 260. The second-order valence-electron chi connectivity index (χ2n) is 5.89. The highest BCUT2D eigenvalue weighted by Crippen LogP contribution is 2.10. The van der Waals surface area contributed by atoms with Crippen molar-refractivity contribution in [3.05, 3.63) is 0 Å². The Hall–Kier alpha value is -0.610. The van der Waals surface area contributed by atoms with E-state index in [1.165, 1.54) is 6.42 Å². The van der Waals surface area contributed by atoms with E-state index in [2.05, 4.69) is 37.9 Å². The van der Waals surface area contributed by atoms with Gasteiger partial charge in [-0.05, 0) is 26.3 Å². The van der Waals surface area contributed by atoms with Gasteiger partial charge in [0.15, 0.2) is 0 Å². The molecular formula is C15H31N3O. The maximum atomic E-state index is 12.1. The molecule has 1 rings (SSSR count). The lowest BCUT2D eigenvalue weighted by Gasteiger charge is -2.37. The van der Waals surface area contributed by atoms with Crippen LogP contribution < -0.4 is 5.32 Å². The van der Waals surface area contributed by atoms with Crippen molar-refractivity contribution in [2.75, 3.05) is 32.7 Å². The molecule has 1 saturated heterocycles. The minimum Gasteiger partial charge on any atom is -0.340 e. The summed E-state index contributed by atoms with van der Waals surface area (Å²) in [6, 6.07) is 1.15. The Morgan fingerprint density at radius 1 is 1.16 bits per heavy atom. The van der Waals surface area contributed by atoms with Crippen LogP contribution in [0, 0.1) is 0 Å².